The molecule has 2 saturated heterocycles. The van der Waals surface area contributed by atoms with Gasteiger partial charge in [-0.25, -0.2) is 9.97 Å². The maximum absolute atomic E-state index is 5.89. The van der Waals surface area contributed by atoms with E-state index in [1.807, 2.05) is 0 Å². The molecule has 0 radical (unpaired) electrons. The summed E-state index contributed by atoms with van der Waals surface area (Å²) in [6, 6.07) is 0. The van der Waals surface area contributed by atoms with Gasteiger partial charge >= 0.3 is 0 Å². The van der Waals surface area contributed by atoms with Gasteiger partial charge in [-0.2, -0.15) is 0 Å². The minimum absolute atomic E-state index is 0.291. The first kappa shape index (κ1) is 12.6. The second-order valence-corrected chi connectivity index (χ2v) is 4.89. The van der Waals surface area contributed by atoms with Gasteiger partial charge in [0, 0.05) is 13.1 Å². The predicted molar refractivity (Wildman–Crippen MR) is 71.6 cm³/mol. The first-order valence-corrected chi connectivity index (χ1v) is 6.94. The molecular weight excluding hydrogens is 244 g/mol. The summed E-state index contributed by atoms with van der Waals surface area (Å²) in [5.74, 6) is 1.53. The minimum Gasteiger partial charge on any atom is -0.487 e. The van der Waals surface area contributed by atoms with Crippen molar-refractivity contribution in [2.75, 3.05) is 44.3 Å². The van der Waals surface area contributed by atoms with E-state index in [0.717, 1.165) is 63.9 Å². The molecule has 0 spiro atoms. The van der Waals surface area contributed by atoms with Gasteiger partial charge in [0.2, 0.25) is 5.95 Å². The van der Waals surface area contributed by atoms with Crippen molar-refractivity contribution in [3.8, 4) is 5.75 Å². The summed E-state index contributed by atoms with van der Waals surface area (Å²) in [5.41, 5.74) is 0. The zero-order valence-electron chi connectivity index (χ0n) is 11.0. The highest BCUT2D eigenvalue weighted by molar-refractivity contribution is 5.31. The monoisotopic (exact) mass is 264 g/mol. The molecule has 0 atom stereocenters. The van der Waals surface area contributed by atoms with Gasteiger partial charge in [-0.15, -0.1) is 0 Å². The molecule has 3 heterocycles. The van der Waals surface area contributed by atoms with Crippen LogP contribution in [-0.2, 0) is 4.74 Å². The third-order valence-electron chi connectivity index (χ3n) is 3.50. The largest absolute Gasteiger partial charge is 0.487 e. The van der Waals surface area contributed by atoms with Gasteiger partial charge in [0.05, 0.1) is 25.6 Å². The Morgan fingerprint density at radius 2 is 1.84 bits per heavy atom. The van der Waals surface area contributed by atoms with Crippen LogP contribution in [0.5, 0.6) is 5.75 Å². The van der Waals surface area contributed by atoms with E-state index >= 15 is 0 Å². The number of anilines is 1. The molecule has 104 valence electrons. The molecule has 0 aliphatic carbocycles. The summed E-state index contributed by atoms with van der Waals surface area (Å²) in [6.45, 7) is 5.26. The van der Waals surface area contributed by atoms with Crippen LogP contribution in [0.15, 0.2) is 12.4 Å². The molecule has 2 aliphatic heterocycles. The van der Waals surface area contributed by atoms with Crippen molar-refractivity contribution in [3.63, 3.8) is 0 Å². The molecule has 2 aliphatic rings. The van der Waals surface area contributed by atoms with Crippen LogP contribution < -0.4 is 15.0 Å². The lowest BCUT2D eigenvalue weighted by molar-refractivity contribution is 0.122. The minimum atomic E-state index is 0.291. The highest BCUT2D eigenvalue weighted by atomic mass is 16.5. The van der Waals surface area contributed by atoms with Gasteiger partial charge in [-0.05, 0) is 25.9 Å². The van der Waals surface area contributed by atoms with Gasteiger partial charge in [-0.3, -0.25) is 0 Å². The van der Waals surface area contributed by atoms with Crippen LogP contribution in [0, 0.1) is 0 Å². The van der Waals surface area contributed by atoms with Crippen molar-refractivity contribution in [1.82, 2.24) is 15.3 Å². The third-order valence-corrected chi connectivity index (χ3v) is 3.50. The van der Waals surface area contributed by atoms with Crippen molar-refractivity contribution < 1.29 is 9.47 Å². The van der Waals surface area contributed by atoms with Crippen LogP contribution in [-0.4, -0.2) is 55.5 Å². The van der Waals surface area contributed by atoms with Crippen LogP contribution in [0.4, 0.5) is 5.95 Å². The van der Waals surface area contributed by atoms with Crippen LogP contribution in [0.1, 0.15) is 12.8 Å². The molecule has 1 N–H and O–H groups in total. The average Bonchev–Trinajstić information content (AvgIpc) is 2.50. The van der Waals surface area contributed by atoms with E-state index in [2.05, 4.69) is 20.2 Å². The van der Waals surface area contributed by atoms with E-state index in [1.165, 1.54) is 0 Å². The number of hydrogen-bond donors (Lipinski definition) is 1. The standard InChI is InChI=1S/C13H20N4O2/c1-3-14-4-2-11(1)19-12-9-15-13(16-10-12)17-5-7-18-8-6-17/h9-11,14H,1-8H2. The second kappa shape index (κ2) is 6.16. The lowest BCUT2D eigenvalue weighted by Gasteiger charge is -2.27. The Kier molecular flexibility index (Phi) is 4.10. The summed E-state index contributed by atoms with van der Waals surface area (Å²) in [7, 11) is 0. The SMILES string of the molecule is c1nc(N2CCOCC2)ncc1OC1CCNCC1. The molecule has 0 aromatic carbocycles. The van der Waals surface area contributed by atoms with E-state index in [1.54, 1.807) is 12.4 Å². The molecule has 0 bridgehead atoms. The van der Waals surface area contributed by atoms with Gasteiger partial charge in [0.15, 0.2) is 5.75 Å². The van der Waals surface area contributed by atoms with E-state index in [-0.39, 0.29) is 0 Å². The van der Waals surface area contributed by atoms with Gasteiger partial charge in [0.1, 0.15) is 6.10 Å². The van der Waals surface area contributed by atoms with Gasteiger partial charge in [-0.1, -0.05) is 0 Å². The maximum Gasteiger partial charge on any atom is 0.225 e. The Morgan fingerprint density at radius 1 is 1.16 bits per heavy atom. The summed E-state index contributed by atoms with van der Waals surface area (Å²) in [5, 5.41) is 3.32. The van der Waals surface area contributed by atoms with E-state index in [9.17, 15) is 0 Å². The number of nitrogens with one attached hydrogen (secondary N) is 1. The third kappa shape index (κ3) is 3.33. The number of rotatable bonds is 3. The Morgan fingerprint density at radius 3 is 2.53 bits per heavy atom. The Balaban J connectivity index is 1.58. The number of hydrogen-bond acceptors (Lipinski definition) is 6. The topological polar surface area (TPSA) is 59.5 Å². The van der Waals surface area contributed by atoms with Crippen LogP contribution in [0.3, 0.4) is 0 Å². The quantitative estimate of drug-likeness (QED) is 0.855. The fourth-order valence-electron chi connectivity index (χ4n) is 2.40. The molecule has 0 saturated carbocycles. The molecule has 2 fully saturated rings. The summed E-state index contributed by atoms with van der Waals surface area (Å²) < 4.78 is 11.2. The first-order chi connectivity index (χ1) is 9.42. The lowest BCUT2D eigenvalue weighted by Crippen LogP contribution is -2.37. The summed E-state index contributed by atoms with van der Waals surface area (Å²) in [6.07, 6.45) is 5.94. The first-order valence-electron chi connectivity index (χ1n) is 6.94. The zero-order valence-corrected chi connectivity index (χ0v) is 11.0. The zero-order chi connectivity index (χ0) is 12.9. The molecule has 19 heavy (non-hydrogen) atoms. The Labute approximate surface area is 113 Å². The highest BCUT2D eigenvalue weighted by Gasteiger charge is 2.16. The Hall–Kier alpha value is -1.40. The lowest BCUT2D eigenvalue weighted by atomic mass is 10.1. The van der Waals surface area contributed by atoms with E-state index in [4.69, 9.17) is 9.47 Å². The van der Waals surface area contributed by atoms with Gasteiger partial charge < -0.3 is 19.7 Å². The van der Waals surface area contributed by atoms with Crippen molar-refractivity contribution >= 4 is 5.95 Å². The summed E-state index contributed by atoms with van der Waals surface area (Å²) >= 11 is 0. The van der Waals surface area contributed by atoms with Crippen molar-refractivity contribution in [1.29, 1.82) is 0 Å². The molecule has 0 unspecified atom stereocenters. The van der Waals surface area contributed by atoms with Crippen molar-refractivity contribution in [2.24, 2.45) is 0 Å². The predicted octanol–water partition coefficient (Wildman–Crippen LogP) is 0.444. The Bertz CT molecular complexity index is 386. The average molecular weight is 264 g/mol. The van der Waals surface area contributed by atoms with E-state index < -0.39 is 0 Å². The number of aromatic nitrogens is 2. The van der Waals surface area contributed by atoms with Crippen molar-refractivity contribution in [2.45, 2.75) is 18.9 Å². The van der Waals surface area contributed by atoms with Gasteiger partial charge in [0.25, 0.3) is 0 Å². The normalized spacial score (nSPS) is 21.4. The second-order valence-electron chi connectivity index (χ2n) is 4.89. The molecule has 6 heteroatoms. The van der Waals surface area contributed by atoms with Crippen LogP contribution in [0.2, 0.25) is 0 Å². The fourth-order valence-corrected chi connectivity index (χ4v) is 2.40. The van der Waals surface area contributed by atoms with E-state index in [0.29, 0.717) is 6.10 Å². The maximum atomic E-state index is 5.89. The molecule has 1 aromatic heterocycles. The van der Waals surface area contributed by atoms with Crippen LogP contribution in [0.25, 0.3) is 0 Å². The number of morpholine rings is 1. The van der Waals surface area contributed by atoms with Crippen molar-refractivity contribution in [3.05, 3.63) is 12.4 Å². The highest BCUT2D eigenvalue weighted by Crippen LogP contribution is 2.17. The smallest absolute Gasteiger partial charge is 0.225 e. The molecular formula is C13H20N4O2. The summed E-state index contributed by atoms with van der Waals surface area (Å²) in [4.78, 5) is 10.9. The number of nitrogens with zero attached hydrogens (tertiary/aromatic N) is 3. The van der Waals surface area contributed by atoms with Crippen LogP contribution >= 0.6 is 0 Å². The molecule has 3 rings (SSSR count). The molecule has 0 amide bonds. The number of ether oxygens (including phenoxy) is 2. The fraction of sp³-hybridized carbons (Fsp3) is 0.692. The number of piperidine rings is 1. The molecule has 6 nitrogen and oxygen atoms in total. The molecule has 1 aromatic rings.